The number of anilines is 1. The number of thioether (sulfide) groups is 1. The molecule has 1 aromatic rings. The quantitative estimate of drug-likeness (QED) is 0.795. The summed E-state index contributed by atoms with van der Waals surface area (Å²) in [5.41, 5.74) is 2.64. The van der Waals surface area contributed by atoms with Gasteiger partial charge in [-0.25, -0.2) is 0 Å². The van der Waals surface area contributed by atoms with E-state index in [4.69, 9.17) is 11.6 Å². The lowest BCUT2D eigenvalue weighted by Crippen LogP contribution is -2.29. The SMILES string of the molecule is CN(C)CCCN1C2=C(CCC(Cl)=C2)Sc2ccccc21. The average Bonchev–Trinajstić information content (AvgIpc) is 2.46. The number of allylic oxidation sites excluding steroid dienone is 3. The number of rotatable bonds is 4. The van der Waals surface area contributed by atoms with Crippen molar-refractivity contribution in [3.05, 3.63) is 46.0 Å². The minimum Gasteiger partial charge on any atom is -0.340 e. The maximum absolute atomic E-state index is 6.30. The maximum atomic E-state index is 6.30. The molecule has 0 amide bonds. The van der Waals surface area contributed by atoms with Crippen LogP contribution in [-0.2, 0) is 0 Å². The number of nitrogens with zero attached hydrogens (tertiary/aromatic N) is 2. The van der Waals surface area contributed by atoms with Crippen LogP contribution in [0.25, 0.3) is 0 Å². The van der Waals surface area contributed by atoms with Crippen LogP contribution in [0.5, 0.6) is 0 Å². The highest BCUT2D eigenvalue weighted by Crippen LogP contribution is 2.47. The van der Waals surface area contributed by atoms with Gasteiger partial charge in [0.05, 0.1) is 11.4 Å². The van der Waals surface area contributed by atoms with Crippen molar-refractivity contribution in [2.24, 2.45) is 0 Å². The first-order valence-electron chi connectivity index (χ1n) is 7.43. The standard InChI is InChI=1S/C17H21ClN2S/c1-19(2)10-5-11-20-14-6-3-4-7-16(14)21-17-9-8-13(18)12-15(17)20/h3-4,6-7,12H,5,8-11H2,1-2H3. The zero-order chi connectivity index (χ0) is 14.8. The minimum absolute atomic E-state index is 0.973. The molecule has 21 heavy (non-hydrogen) atoms. The molecule has 1 aliphatic carbocycles. The molecule has 0 saturated heterocycles. The number of hydrogen-bond donors (Lipinski definition) is 0. The zero-order valence-electron chi connectivity index (χ0n) is 12.6. The van der Waals surface area contributed by atoms with Crippen LogP contribution in [0.3, 0.4) is 0 Å². The van der Waals surface area contributed by atoms with E-state index in [1.807, 2.05) is 11.8 Å². The highest BCUT2D eigenvalue weighted by atomic mass is 35.5. The van der Waals surface area contributed by atoms with Crippen LogP contribution >= 0.6 is 23.4 Å². The minimum atomic E-state index is 0.973. The summed E-state index contributed by atoms with van der Waals surface area (Å²) in [5.74, 6) is 0. The smallest absolute Gasteiger partial charge is 0.0552 e. The van der Waals surface area contributed by atoms with Crippen LogP contribution in [0.4, 0.5) is 5.69 Å². The fourth-order valence-electron chi connectivity index (χ4n) is 2.81. The van der Waals surface area contributed by atoms with Crippen LogP contribution in [0.1, 0.15) is 19.3 Å². The molecule has 0 aromatic heterocycles. The van der Waals surface area contributed by atoms with Gasteiger partial charge in [0.2, 0.25) is 0 Å². The summed E-state index contributed by atoms with van der Waals surface area (Å²) in [5, 5.41) is 0.978. The van der Waals surface area contributed by atoms with Crippen molar-refractivity contribution in [3.63, 3.8) is 0 Å². The van der Waals surface area contributed by atoms with Crippen molar-refractivity contribution in [1.29, 1.82) is 0 Å². The Balaban J connectivity index is 1.90. The van der Waals surface area contributed by atoms with E-state index in [2.05, 4.69) is 54.2 Å². The van der Waals surface area contributed by atoms with Crippen molar-refractivity contribution in [1.82, 2.24) is 4.90 Å². The lowest BCUT2D eigenvalue weighted by atomic mass is 10.1. The second-order valence-corrected chi connectivity index (χ2v) is 7.40. The van der Waals surface area contributed by atoms with Crippen LogP contribution in [-0.4, -0.2) is 32.1 Å². The average molecular weight is 321 g/mol. The fourth-order valence-corrected chi connectivity index (χ4v) is 4.18. The van der Waals surface area contributed by atoms with Crippen LogP contribution in [0.2, 0.25) is 0 Å². The van der Waals surface area contributed by atoms with E-state index in [0.29, 0.717) is 0 Å². The topological polar surface area (TPSA) is 6.48 Å². The summed E-state index contributed by atoms with van der Waals surface area (Å²) in [4.78, 5) is 7.52. The zero-order valence-corrected chi connectivity index (χ0v) is 14.2. The maximum Gasteiger partial charge on any atom is 0.0552 e. The molecule has 0 bridgehead atoms. The Morgan fingerprint density at radius 2 is 2.05 bits per heavy atom. The molecule has 1 heterocycles. The molecule has 0 saturated carbocycles. The van der Waals surface area contributed by atoms with E-state index >= 15 is 0 Å². The molecule has 0 radical (unpaired) electrons. The molecule has 112 valence electrons. The number of para-hydroxylation sites is 1. The lowest BCUT2D eigenvalue weighted by molar-refractivity contribution is 0.402. The van der Waals surface area contributed by atoms with Crippen molar-refractivity contribution < 1.29 is 0 Å². The summed E-state index contributed by atoms with van der Waals surface area (Å²) in [6, 6.07) is 8.69. The molecule has 3 rings (SSSR count). The molecular formula is C17H21ClN2S. The summed E-state index contributed by atoms with van der Waals surface area (Å²) in [7, 11) is 4.25. The highest BCUT2D eigenvalue weighted by Gasteiger charge is 2.26. The first kappa shape index (κ1) is 15.0. The van der Waals surface area contributed by atoms with Gasteiger partial charge in [-0.2, -0.15) is 0 Å². The summed E-state index contributed by atoms with van der Waals surface area (Å²) < 4.78 is 0. The third kappa shape index (κ3) is 3.31. The van der Waals surface area contributed by atoms with Gasteiger partial charge in [-0.3, -0.25) is 0 Å². The molecule has 2 nitrogen and oxygen atoms in total. The van der Waals surface area contributed by atoms with E-state index in [1.54, 1.807) is 0 Å². The van der Waals surface area contributed by atoms with Crippen LogP contribution < -0.4 is 4.90 Å². The summed E-state index contributed by atoms with van der Waals surface area (Å²) in [6.07, 6.45) is 5.35. The van der Waals surface area contributed by atoms with Gasteiger partial charge in [-0.15, -0.1) is 0 Å². The molecule has 0 N–H and O–H groups in total. The van der Waals surface area contributed by atoms with Gasteiger partial charge in [0.1, 0.15) is 0 Å². The monoisotopic (exact) mass is 320 g/mol. The predicted octanol–water partition coefficient (Wildman–Crippen LogP) is 4.68. The highest BCUT2D eigenvalue weighted by molar-refractivity contribution is 8.03. The summed E-state index contributed by atoms with van der Waals surface area (Å²) in [6.45, 7) is 2.14. The van der Waals surface area contributed by atoms with E-state index in [9.17, 15) is 0 Å². The van der Waals surface area contributed by atoms with Gasteiger partial charge in [-0.1, -0.05) is 35.5 Å². The van der Waals surface area contributed by atoms with Crippen molar-refractivity contribution in [3.8, 4) is 0 Å². The van der Waals surface area contributed by atoms with Gasteiger partial charge < -0.3 is 9.80 Å². The largest absolute Gasteiger partial charge is 0.340 e. The molecule has 2 aliphatic rings. The molecule has 0 fully saturated rings. The third-order valence-electron chi connectivity index (χ3n) is 3.84. The van der Waals surface area contributed by atoms with Crippen molar-refractivity contribution >= 4 is 29.1 Å². The number of hydrogen-bond acceptors (Lipinski definition) is 3. The number of halogens is 1. The molecule has 0 atom stereocenters. The fraction of sp³-hybridized carbons (Fsp3) is 0.412. The van der Waals surface area contributed by atoms with Gasteiger partial charge in [0.25, 0.3) is 0 Å². The lowest BCUT2D eigenvalue weighted by Gasteiger charge is -2.36. The van der Waals surface area contributed by atoms with Gasteiger partial charge >= 0.3 is 0 Å². The first-order valence-corrected chi connectivity index (χ1v) is 8.63. The van der Waals surface area contributed by atoms with Gasteiger partial charge in [0.15, 0.2) is 0 Å². The van der Waals surface area contributed by atoms with Crippen LogP contribution in [0.15, 0.2) is 50.9 Å². The first-order chi connectivity index (χ1) is 10.1. The number of fused-ring (bicyclic) bond motifs is 1. The predicted molar refractivity (Wildman–Crippen MR) is 93.0 cm³/mol. The molecule has 0 unspecified atom stereocenters. The number of benzene rings is 1. The normalized spacial score (nSPS) is 17.7. The molecule has 1 aromatic carbocycles. The van der Waals surface area contributed by atoms with Crippen molar-refractivity contribution in [2.45, 2.75) is 24.2 Å². The van der Waals surface area contributed by atoms with Gasteiger partial charge in [0, 0.05) is 21.4 Å². The Morgan fingerprint density at radius 3 is 2.86 bits per heavy atom. The summed E-state index contributed by atoms with van der Waals surface area (Å²) >= 11 is 8.21. The van der Waals surface area contributed by atoms with Crippen LogP contribution in [0, 0.1) is 0 Å². The molecule has 1 aliphatic heterocycles. The van der Waals surface area contributed by atoms with E-state index in [-0.39, 0.29) is 0 Å². The second kappa shape index (κ2) is 6.47. The van der Waals surface area contributed by atoms with E-state index in [0.717, 1.165) is 37.4 Å². The Morgan fingerprint density at radius 1 is 1.24 bits per heavy atom. The van der Waals surface area contributed by atoms with E-state index < -0.39 is 0 Å². The van der Waals surface area contributed by atoms with Crippen molar-refractivity contribution in [2.75, 3.05) is 32.1 Å². The Labute approximate surface area is 136 Å². The Bertz CT molecular complexity index is 592. The molecule has 0 spiro atoms. The molecular weight excluding hydrogens is 300 g/mol. The molecule has 4 heteroatoms. The second-order valence-electron chi connectivity index (χ2n) is 5.78. The van der Waals surface area contributed by atoms with E-state index in [1.165, 1.54) is 21.2 Å². The Kier molecular flexibility index (Phi) is 4.63. The van der Waals surface area contributed by atoms with Gasteiger partial charge in [-0.05, 0) is 58.1 Å². The third-order valence-corrected chi connectivity index (χ3v) is 5.36. The Hall–Kier alpha value is -0.900.